The minimum absolute atomic E-state index is 0.137. The molecule has 1 atom stereocenters. The van der Waals surface area contributed by atoms with Crippen LogP contribution in [0.5, 0.6) is 0 Å². The molecular weight excluding hydrogens is 348 g/mol. The number of hydrogen-bond acceptors (Lipinski definition) is 3. The SMILES string of the molecule is Cc1nn(C(C)C)c(C)c1CN1CCCC(C(=O)c2cc(F)ccc2F)C1. The van der Waals surface area contributed by atoms with E-state index in [0.29, 0.717) is 19.0 Å². The van der Waals surface area contributed by atoms with Crippen molar-refractivity contribution in [1.82, 2.24) is 14.7 Å². The van der Waals surface area contributed by atoms with Gasteiger partial charge in [-0.05, 0) is 65.3 Å². The molecular formula is C21H27F2N3O. The van der Waals surface area contributed by atoms with Crippen molar-refractivity contribution < 1.29 is 13.6 Å². The molecule has 1 aliphatic heterocycles. The van der Waals surface area contributed by atoms with Crippen molar-refractivity contribution >= 4 is 5.78 Å². The Morgan fingerprint density at radius 1 is 1.30 bits per heavy atom. The summed E-state index contributed by atoms with van der Waals surface area (Å²) in [7, 11) is 0. The van der Waals surface area contributed by atoms with Gasteiger partial charge in [0.25, 0.3) is 0 Å². The third-order valence-corrected chi connectivity index (χ3v) is 5.42. The van der Waals surface area contributed by atoms with Crippen LogP contribution in [0.3, 0.4) is 0 Å². The standard InChI is InChI=1S/C21H27F2N3O/c1-13(2)26-15(4)19(14(3)24-26)12-25-9-5-6-16(11-25)21(27)18-10-17(22)7-8-20(18)23/h7-8,10,13,16H,5-6,9,11-12H2,1-4H3. The maximum Gasteiger partial charge on any atom is 0.170 e. The Bertz CT molecular complexity index is 844. The van der Waals surface area contributed by atoms with Crippen LogP contribution in [0.1, 0.15) is 60.0 Å². The minimum atomic E-state index is -0.650. The lowest BCUT2D eigenvalue weighted by atomic mass is 9.89. The average Bonchev–Trinajstić information content (AvgIpc) is 2.92. The van der Waals surface area contributed by atoms with E-state index in [4.69, 9.17) is 0 Å². The zero-order valence-corrected chi connectivity index (χ0v) is 16.4. The average molecular weight is 375 g/mol. The zero-order valence-electron chi connectivity index (χ0n) is 16.4. The molecule has 1 saturated heterocycles. The molecule has 146 valence electrons. The van der Waals surface area contributed by atoms with Crippen LogP contribution in [0.15, 0.2) is 18.2 Å². The number of aromatic nitrogens is 2. The van der Waals surface area contributed by atoms with Crippen molar-refractivity contribution in [2.45, 2.75) is 53.1 Å². The van der Waals surface area contributed by atoms with Gasteiger partial charge < -0.3 is 0 Å². The molecule has 0 saturated carbocycles. The summed E-state index contributed by atoms with van der Waals surface area (Å²) < 4.78 is 29.5. The van der Waals surface area contributed by atoms with Gasteiger partial charge in [-0.2, -0.15) is 5.10 Å². The Morgan fingerprint density at radius 3 is 2.70 bits per heavy atom. The fraction of sp³-hybridized carbons (Fsp3) is 0.524. The summed E-state index contributed by atoms with van der Waals surface area (Å²) in [5, 5.41) is 4.63. The summed E-state index contributed by atoms with van der Waals surface area (Å²) in [5.41, 5.74) is 3.20. The van der Waals surface area contributed by atoms with Gasteiger partial charge in [0.15, 0.2) is 5.78 Å². The Balaban J connectivity index is 1.75. The monoisotopic (exact) mass is 375 g/mol. The molecule has 1 aromatic carbocycles. The highest BCUT2D eigenvalue weighted by Gasteiger charge is 2.29. The Morgan fingerprint density at radius 2 is 2.04 bits per heavy atom. The van der Waals surface area contributed by atoms with Crippen LogP contribution in [0.25, 0.3) is 0 Å². The summed E-state index contributed by atoms with van der Waals surface area (Å²) in [6, 6.07) is 3.37. The second-order valence-electron chi connectivity index (χ2n) is 7.75. The van der Waals surface area contributed by atoms with Crippen LogP contribution < -0.4 is 0 Å². The summed E-state index contributed by atoms with van der Waals surface area (Å²) in [6.45, 7) is 10.5. The highest BCUT2D eigenvalue weighted by atomic mass is 19.1. The van der Waals surface area contributed by atoms with E-state index in [1.807, 2.05) is 11.6 Å². The van der Waals surface area contributed by atoms with E-state index in [2.05, 4.69) is 30.8 Å². The number of rotatable bonds is 5. The summed E-state index contributed by atoms with van der Waals surface area (Å²) in [4.78, 5) is 15.0. The molecule has 3 rings (SSSR count). The Hall–Kier alpha value is -2.08. The van der Waals surface area contributed by atoms with E-state index in [0.717, 1.165) is 49.1 Å². The van der Waals surface area contributed by atoms with Gasteiger partial charge in [-0.1, -0.05) is 0 Å². The van der Waals surface area contributed by atoms with Crippen molar-refractivity contribution in [3.05, 3.63) is 52.3 Å². The molecule has 0 aliphatic carbocycles. The Kier molecular flexibility index (Phi) is 5.75. The first kappa shape index (κ1) is 19.7. The number of benzene rings is 1. The quantitative estimate of drug-likeness (QED) is 0.725. The number of carbonyl (C=O) groups excluding carboxylic acids is 1. The second-order valence-corrected chi connectivity index (χ2v) is 7.75. The van der Waals surface area contributed by atoms with E-state index in [1.165, 1.54) is 5.56 Å². The van der Waals surface area contributed by atoms with Crippen molar-refractivity contribution in [3.63, 3.8) is 0 Å². The molecule has 0 N–H and O–H groups in total. The van der Waals surface area contributed by atoms with Crippen molar-refractivity contribution in [2.75, 3.05) is 13.1 Å². The smallest absolute Gasteiger partial charge is 0.170 e. The van der Waals surface area contributed by atoms with Gasteiger partial charge in [-0.3, -0.25) is 14.4 Å². The van der Waals surface area contributed by atoms with Gasteiger partial charge in [0.2, 0.25) is 0 Å². The molecule has 1 fully saturated rings. The predicted octanol–water partition coefficient (Wildman–Crippen LogP) is 4.45. The first-order chi connectivity index (χ1) is 12.8. The molecule has 2 heterocycles. The Labute approximate surface area is 159 Å². The normalized spacial score (nSPS) is 18.3. The van der Waals surface area contributed by atoms with Crippen LogP contribution in [-0.4, -0.2) is 33.6 Å². The summed E-state index contributed by atoms with van der Waals surface area (Å²) in [6.07, 6.45) is 1.57. The fourth-order valence-electron chi connectivity index (χ4n) is 3.97. The second kappa shape index (κ2) is 7.89. The third-order valence-electron chi connectivity index (χ3n) is 5.42. The minimum Gasteiger partial charge on any atom is -0.298 e. The molecule has 1 aliphatic rings. The number of ketones is 1. The molecule has 27 heavy (non-hydrogen) atoms. The molecule has 2 aromatic rings. The lowest BCUT2D eigenvalue weighted by molar-refractivity contribution is 0.0806. The number of piperidine rings is 1. The number of likely N-dealkylation sites (tertiary alicyclic amines) is 1. The molecule has 6 heteroatoms. The first-order valence-corrected chi connectivity index (χ1v) is 9.54. The lowest BCUT2D eigenvalue weighted by Crippen LogP contribution is -2.38. The summed E-state index contributed by atoms with van der Waals surface area (Å²) in [5.74, 6) is -1.85. The number of hydrogen-bond donors (Lipinski definition) is 0. The first-order valence-electron chi connectivity index (χ1n) is 9.54. The summed E-state index contributed by atoms with van der Waals surface area (Å²) >= 11 is 0. The van der Waals surface area contributed by atoms with Crippen LogP contribution in [0, 0.1) is 31.4 Å². The number of Topliss-reactive ketones (excluding diaryl/α,β-unsaturated/α-hetero) is 1. The molecule has 0 bridgehead atoms. The largest absolute Gasteiger partial charge is 0.298 e. The highest BCUT2D eigenvalue weighted by molar-refractivity contribution is 5.98. The van der Waals surface area contributed by atoms with Crippen LogP contribution in [0.4, 0.5) is 8.78 Å². The number of aryl methyl sites for hydroxylation is 1. The van der Waals surface area contributed by atoms with E-state index >= 15 is 0 Å². The molecule has 4 nitrogen and oxygen atoms in total. The molecule has 0 amide bonds. The maximum atomic E-state index is 14.0. The number of nitrogens with zero attached hydrogens (tertiary/aromatic N) is 3. The van der Waals surface area contributed by atoms with Crippen LogP contribution in [-0.2, 0) is 6.54 Å². The van der Waals surface area contributed by atoms with Crippen molar-refractivity contribution in [2.24, 2.45) is 5.92 Å². The van der Waals surface area contributed by atoms with Gasteiger partial charge in [0.05, 0.1) is 11.3 Å². The molecule has 0 radical (unpaired) electrons. The van der Waals surface area contributed by atoms with E-state index in [1.54, 1.807) is 0 Å². The van der Waals surface area contributed by atoms with Crippen LogP contribution >= 0.6 is 0 Å². The van der Waals surface area contributed by atoms with Crippen LogP contribution in [0.2, 0.25) is 0 Å². The van der Waals surface area contributed by atoms with Gasteiger partial charge >= 0.3 is 0 Å². The van der Waals surface area contributed by atoms with Gasteiger partial charge in [0, 0.05) is 36.3 Å². The molecule has 0 spiro atoms. The maximum absolute atomic E-state index is 14.0. The zero-order chi connectivity index (χ0) is 19.7. The molecule has 1 unspecified atom stereocenters. The fourth-order valence-corrected chi connectivity index (χ4v) is 3.97. The lowest BCUT2D eigenvalue weighted by Gasteiger charge is -2.32. The van der Waals surface area contributed by atoms with Crippen molar-refractivity contribution in [3.8, 4) is 0 Å². The molecule has 1 aromatic heterocycles. The van der Waals surface area contributed by atoms with Gasteiger partial charge in [0.1, 0.15) is 11.6 Å². The van der Waals surface area contributed by atoms with E-state index in [-0.39, 0.29) is 17.3 Å². The topological polar surface area (TPSA) is 38.1 Å². The van der Waals surface area contributed by atoms with E-state index < -0.39 is 11.6 Å². The number of halogens is 2. The highest BCUT2D eigenvalue weighted by Crippen LogP contribution is 2.26. The van der Waals surface area contributed by atoms with E-state index in [9.17, 15) is 13.6 Å². The van der Waals surface area contributed by atoms with Crippen molar-refractivity contribution in [1.29, 1.82) is 0 Å². The van der Waals surface area contributed by atoms with Gasteiger partial charge in [-0.15, -0.1) is 0 Å². The third kappa shape index (κ3) is 4.10. The van der Waals surface area contributed by atoms with Gasteiger partial charge in [-0.25, -0.2) is 8.78 Å². The number of carbonyl (C=O) groups is 1. The predicted molar refractivity (Wildman–Crippen MR) is 101 cm³/mol.